The Bertz CT molecular complexity index is 474. The summed E-state index contributed by atoms with van der Waals surface area (Å²) in [6, 6.07) is 18.6. The smallest absolute Gasteiger partial charge is 0.160 e. The van der Waals surface area contributed by atoms with Gasteiger partial charge in [-0.25, -0.2) is 10.1 Å². The van der Waals surface area contributed by atoms with Crippen molar-refractivity contribution in [3.8, 4) is 0 Å². The van der Waals surface area contributed by atoms with Crippen LogP contribution in [0, 0.1) is 10.1 Å². The fourth-order valence-electron chi connectivity index (χ4n) is 1.99. The first-order valence-electron chi connectivity index (χ1n) is 5.67. The molecule has 2 aromatic carbocycles. The minimum absolute atomic E-state index is 0.373. The van der Waals surface area contributed by atoms with Gasteiger partial charge in [0.15, 0.2) is 5.03 Å². The Labute approximate surface area is 106 Å². The van der Waals surface area contributed by atoms with Gasteiger partial charge in [0, 0.05) is 0 Å². The molecule has 0 radical (unpaired) electrons. The zero-order chi connectivity index (χ0) is 13.0. The van der Waals surface area contributed by atoms with Gasteiger partial charge in [0.1, 0.15) is 6.04 Å². The van der Waals surface area contributed by atoms with Crippen LogP contribution in [-0.2, 0) is 0 Å². The van der Waals surface area contributed by atoms with Crippen LogP contribution in [0.25, 0.3) is 0 Å². The van der Waals surface area contributed by atoms with Gasteiger partial charge in [-0.1, -0.05) is 60.7 Å². The monoisotopic (exact) mass is 242 g/mol. The maximum Gasteiger partial charge on any atom is 0.160 e. The first kappa shape index (κ1) is 12.1. The van der Waals surface area contributed by atoms with E-state index < -0.39 is 0 Å². The van der Waals surface area contributed by atoms with Crippen molar-refractivity contribution < 1.29 is 5.03 Å². The fraction of sp³-hybridized carbons (Fsp3) is 0.143. The molecule has 4 nitrogen and oxygen atoms in total. The summed E-state index contributed by atoms with van der Waals surface area (Å²) in [5.41, 5.74) is 1.81. The molecule has 0 spiro atoms. The van der Waals surface area contributed by atoms with E-state index in [0.29, 0.717) is 0 Å². The summed E-state index contributed by atoms with van der Waals surface area (Å²) in [6.45, 7) is 0. The Balaban J connectivity index is 2.45. The quantitative estimate of drug-likeness (QED) is 0.611. The topological polar surface area (TPSA) is 46.4 Å². The molecule has 2 rings (SSSR count). The lowest BCUT2D eigenvalue weighted by atomic mass is 9.98. The van der Waals surface area contributed by atoms with Crippen molar-refractivity contribution in [1.82, 2.24) is 5.01 Å². The van der Waals surface area contributed by atoms with E-state index in [1.165, 1.54) is 7.05 Å². The molecule has 0 amide bonds. The van der Waals surface area contributed by atoms with E-state index in [2.05, 4.69) is 0 Å². The van der Waals surface area contributed by atoms with Gasteiger partial charge in [-0.3, -0.25) is 0 Å². The lowest BCUT2D eigenvalue weighted by Crippen LogP contribution is -2.30. The summed E-state index contributed by atoms with van der Waals surface area (Å²) in [5.74, 6) is 0. The highest BCUT2D eigenvalue weighted by Gasteiger charge is 2.25. The van der Waals surface area contributed by atoms with E-state index in [-0.39, 0.29) is 11.1 Å². The molecule has 0 saturated heterocycles. The molecule has 0 aliphatic rings. The molecule has 4 heteroatoms. The zero-order valence-electron chi connectivity index (χ0n) is 10.1. The van der Waals surface area contributed by atoms with Crippen molar-refractivity contribution in [3.05, 3.63) is 81.9 Å². The van der Waals surface area contributed by atoms with E-state index >= 15 is 0 Å². The molecule has 0 aliphatic heterocycles. The predicted octanol–water partition coefficient (Wildman–Crippen LogP) is 2.90. The number of nitrogens with zero attached hydrogens (tertiary/aromatic N) is 2. The van der Waals surface area contributed by atoms with Crippen molar-refractivity contribution in [2.45, 2.75) is 6.04 Å². The van der Waals surface area contributed by atoms with Gasteiger partial charge >= 0.3 is 0 Å². The fourth-order valence-corrected chi connectivity index (χ4v) is 1.99. The Morgan fingerprint density at radius 2 is 1.33 bits per heavy atom. The Morgan fingerprint density at radius 1 is 0.944 bits per heavy atom. The molecular formula is C14H14N2O2. The molecule has 0 atom stereocenters. The Kier molecular flexibility index (Phi) is 3.57. The number of nitro groups is 1. The molecule has 0 bridgehead atoms. The second-order valence-corrected chi connectivity index (χ2v) is 4.04. The van der Waals surface area contributed by atoms with Crippen LogP contribution in [0.4, 0.5) is 0 Å². The molecule has 18 heavy (non-hydrogen) atoms. The number of rotatable bonds is 4. The van der Waals surface area contributed by atoms with Crippen LogP contribution in [0.15, 0.2) is 60.7 Å². The van der Waals surface area contributed by atoms with Crippen molar-refractivity contribution in [2.75, 3.05) is 7.05 Å². The Hall–Kier alpha value is -2.36. The Morgan fingerprint density at radius 3 is 1.67 bits per heavy atom. The highest BCUT2D eigenvalue weighted by molar-refractivity contribution is 5.31. The molecule has 0 heterocycles. The van der Waals surface area contributed by atoms with E-state index in [1.54, 1.807) is 0 Å². The summed E-state index contributed by atoms with van der Waals surface area (Å²) >= 11 is 0. The molecular weight excluding hydrogens is 228 g/mol. The van der Waals surface area contributed by atoms with Crippen LogP contribution in [0.1, 0.15) is 17.2 Å². The van der Waals surface area contributed by atoms with Crippen molar-refractivity contribution in [3.63, 3.8) is 0 Å². The third-order valence-corrected chi connectivity index (χ3v) is 2.86. The number of benzene rings is 2. The van der Waals surface area contributed by atoms with Gasteiger partial charge in [-0.2, -0.15) is 0 Å². The second kappa shape index (κ2) is 5.31. The summed E-state index contributed by atoms with van der Waals surface area (Å²) in [4.78, 5) is 11.0. The van der Waals surface area contributed by atoms with Crippen LogP contribution in [0.3, 0.4) is 0 Å². The molecule has 0 N–H and O–H groups in total. The average Bonchev–Trinajstić information content (AvgIpc) is 2.41. The standard InChI is InChI=1S/C14H14N2O2/c1-15(16(17)18)14(12-8-4-2-5-9-12)13-10-6-3-7-11-13/h2-11,14H,1H3. The third kappa shape index (κ3) is 2.48. The van der Waals surface area contributed by atoms with Gasteiger partial charge in [-0.05, 0) is 11.1 Å². The zero-order valence-corrected chi connectivity index (χ0v) is 10.1. The normalized spacial score (nSPS) is 10.3. The van der Waals surface area contributed by atoms with Gasteiger partial charge < -0.3 is 0 Å². The van der Waals surface area contributed by atoms with E-state index in [0.717, 1.165) is 16.1 Å². The largest absolute Gasteiger partial charge is 0.235 e. The van der Waals surface area contributed by atoms with Crippen molar-refractivity contribution in [1.29, 1.82) is 0 Å². The summed E-state index contributed by atoms with van der Waals surface area (Å²) in [5, 5.41) is 11.8. The number of hydrogen-bond donors (Lipinski definition) is 0. The lowest BCUT2D eigenvalue weighted by Gasteiger charge is -2.22. The van der Waals surface area contributed by atoms with Crippen LogP contribution < -0.4 is 0 Å². The van der Waals surface area contributed by atoms with Crippen molar-refractivity contribution >= 4 is 0 Å². The van der Waals surface area contributed by atoms with E-state index in [4.69, 9.17) is 0 Å². The highest BCUT2D eigenvalue weighted by atomic mass is 16.7. The second-order valence-electron chi connectivity index (χ2n) is 4.04. The van der Waals surface area contributed by atoms with Crippen LogP contribution >= 0.6 is 0 Å². The van der Waals surface area contributed by atoms with Gasteiger partial charge in [0.25, 0.3) is 0 Å². The minimum atomic E-state index is -0.384. The first-order valence-corrected chi connectivity index (χ1v) is 5.67. The van der Waals surface area contributed by atoms with Crippen LogP contribution in [0.2, 0.25) is 0 Å². The molecule has 0 saturated carbocycles. The lowest BCUT2D eigenvalue weighted by molar-refractivity contribution is -0.657. The first-order chi connectivity index (χ1) is 8.70. The summed E-state index contributed by atoms with van der Waals surface area (Å²) in [6.07, 6.45) is 0. The van der Waals surface area contributed by atoms with Gasteiger partial charge in [0.2, 0.25) is 0 Å². The molecule has 0 aromatic heterocycles. The van der Waals surface area contributed by atoms with Gasteiger partial charge in [0.05, 0.1) is 7.05 Å². The molecule has 0 unspecified atom stereocenters. The van der Waals surface area contributed by atoms with Crippen molar-refractivity contribution in [2.24, 2.45) is 0 Å². The predicted molar refractivity (Wildman–Crippen MR) is 69.5 cm³/mol. The van der Waals surface area contributed by atoms with E-state index in [9.17, 15) is 10.1 Å². The maximum absolute atomic E-state index is 11.0. The molecule has 0 fully saturated rings. The third-order valence-electron chi connectivity index (χ3n) is 2.86. The van der Waals surface area contributed by atoms with Crippen LogP contribution in [-0.4, -0.2) is 17.1 Å². The summed E-state index contributed by atoms with van der Waals surface area (Å²) in [7, 11) is 1.49. The van der Waals surface area contributed by atoms with Gasteiger partial charge in [-0.15, -0.1) is 5.01 Å². The van der Waals surface area contributed by atoms with E-state index in [1.807, 2.05) is 60.7 Å². The minimum Gasteiger partial charge on any atom is -0.235 e. The average molecular weight is 242 g/mol. The molecule has 2 aromatic rings. The maximum atomic E-state index is 11.0. The molecule has 92 valence electrons. The SMILES string of the molecule is CN(C(c1ccccc1)c1ccccc1)[N+](=O)[O-]. The molecule has 0 aliphatic carbocycles. The number of hydrogen-bond acceptors (Lipinski definition) is 2. The van der Waals surface area contributed by atoms with Crippen LogP contribution in [0.5, 0.6) is 0 Å². The summed E-state index contributed by atoms with van der Waals surface area (Å²) < 4.78 is 0. The highest BCUT2D eigenvalue weighted by Crippen LogP contribution is 2.26. The number of hydrazine groups is 1.